The highest BCUT2D eigenvalue weighted by Crippen LogP contribution is 2.14. The largest absolute Gasteiger partial charge is 0.326 e. The van der Waals surface area contributed by atoms with Crippen molar-refractivity contribution in [2.24, 2.45) is 5.73 Å². The second kappa shape index (κ2) is 2.77. The molecule has 3 nitrogen and oxygen atoms in total. The summed E-state index contributed by atoms with van der Waals surface area (Å²) in [5.41, 5.74) is 7.57. The quantitative estimate of drug-likeness (QED) is 0.724. The lowest BCUT2D eigenvalue weighted by molar-refractivity contribution is 1.05. The van der Waals surface area contributed by atoms with E-state index in [-0.39, 0.29) is 0 Å². The molecular formula is C8H8ClN3. The Kier molecular flexibility index (Phi) is 1.75. The average molecular weight is 182 g/mol. The normalized spacial score (nSPS) is 10.8. The first-order chi connectivity index (χ1) is 5.83. The smallest absolute Gasteiger partial charge is 0.207 e. The summed E-state index contributed by atoms with van der Waals surface area (Å²) < 4.78 is 1.81. The van der Waals surface area contributed by atoms with Crippen LogP contribution in [0.25, 0.3) is 5.52 Å². The van der Waals surface area contributed by atoms with Gasteiger partial charge in [0.2, 0.25) is 5.28 Å². The molecule has 0 unspecified atom stereocenters. The summed E-state index contributed by atoms with van der Waals surface area (Å²) in [5.74, 6) is 0. The summed E-state index contributed by atoms with van der Waals surface area (Å²) >= 11 is 5.81. The molecule has 0 aliphatic heterocycles. The average Bonchev–Trinajstić information content (AvgIpc) is 2.48. The van der Waals surface area contributed by atoms with Gasteiger partial charge in [-0.25, -0.2) is 4.98 Å². The maximum absolute atomic E-state index is 5.81. The molecule has 0 saturated heterocycles. The third-order valence-corrected chi connectivity index (χ3v) is 2.11. The molecule has 4 heteroatoms. The van der Waals surface area contributed by atoms with E-state index in [0.29, 0.717) is 11.8 Å². The van der Waals surface area contributed by atoms with Crippen LogP contribution in [0.15, 0.2) is 24.5 Å². The van der Waals surface area contributed by atoms with Gasteiger partial charge in [-0.15, -0.1) is 0 Å². The Balaban J connectivity index is 2.81. The summed E-state index contributed by atoms with van der Waals surface area (Å²) in [6, 6.07) is 3.87. The van der Waals surface area contributed by atoms with Crippen molar-refractivity contribution in [3.8, 4) is 0 Å². The van der Waals surface area contributed by atoms with E-state index in [1.807, 2.05) is 22.7 Å². The number of nitrogens with two attached hydrogens (primary N) is 1. The Morgan fingerprint density at radius 2 is 2.42 bits per heavy atom. The molecule has 2 heterocycles. The first-order valence-corrected chi connectivity index (χ1v) is 4.01. The Labute approximate surface area is 74.8 Å². The van der Waals surface area contributed by atoms with E-state index in [0.717, 1.165) is 11.1 Å². The molecule has 12 heavy (non-hydrogen) atoms. The lowest BCUT2D eigenvalue weighted by Crippen LogP contribution is -1.98. The zero-order valence-corrected chi connectivity index (χ0v) is 7.12. The van der Waals surface area contributed by atoms with Crippen molar-refractivity contribution in [3.05, 3.63) is 35.4 Å². The van der Waals surface area contributed by atoms with Crippen LogP contribution in [0.3, 0.4) is 0 Å². The number of nitrogens with zero attached hydrogens (tertiary/aromatic N) is 2. The van der Waals surface area contributed by atoms with Gasteiger partial charge in [0.1, 0.15) is 0 Å². The highest BCUT2D eigenvalue weighted by Gasteiger charge is 2.02. The number of rotatable bonds is 1. The number of pyridine rings is 1. The minimum atomic E-state index is 0.473. The summed E-state index contributed by atoms with van der Waals surface area (Å²) in [4.78, 5) is 3.98. The molecule has 0 aliphatic carbocycles. The van der Waals surface area contributed by atoms with Crippen LogP contribution < -0.4 is 5.73 Å². The van der Waals surface area contributed by atoms with Gasteiger partial charge in [0.25, 0.3) is 0 Å². The van der Waals surface area contributed by atoms with E-state index in [1.165, 1.54) is 0 Å². The Hall–Kier alpha value is -1.06. The number of hydrogen-bond donors (Lipinski definition) is 1. The SMILES string of the molecule is NCc1cccn2c(Cl)ncc12. The van der Waals surface area contributed by atoms with Crippen molar-refractivity contribution in [2.75, 3.05) is 0 Å². The Bertz CT molecular complexity index is 408. The van der Waals surface area contributed by atoms with Gasteiger partial charge in [0.15, 0.2) is 0 Å². The molecule has 2 aromatic heterocycles. The fourth-order valence-corrected chi connectivity index (χ4v) is 1.42. The van der Waals surface area contributed by atoms with Crippen molar-refractivity contribution in [1.29, 1.82) is 0 Å². The zero-order chi connectivity index (χ0) is 8.55. The van der Waals surface area contributed by atoms with Gasteiger partial charge in [-0.2, -0.15) is 0 Å². The molecule has 0 fully saturated rings. The van der Waals surface area contributed by atoms with Crippen molar-refractivity contribution >= 4 is 17.1 Å². The van der Waals surface area contributed by atoms with Crippen LogP contribution in [-0.4, -0.2) is 9.38 Å². The Morgan fingerprint density at radius 1 is 1.58 bits per heavy atom. The van der Waals surface area contributed by atoms with Crippen LogP contribution in [0.1, 0.15) is 5.56 Å². The van der Waals surface area contributed by atoms with Crippen molar-refractivity contribution < 1.29 is 0 Å². The number of hydrogen-bond acceptors (Lipinski definition) is 2. The molecule has 0 aromatic carbocycles. The van der Waals surface area contributed by atoms with Gasteiger partial charge < -0.3 is 5.73 Å². The van der Waals surface area contributed by atoms with Gasteiger partial charge in [0.05, 0.1) is 11.7 Å². The predicted molar refractivity (Wildman–Crippen MR) is 48.1 cm³/mol. The van der Waals surface area contributed by atoms with E-state index in [9.17, 15) is 0 Å². The first-order valence-electron chi connectivity index (χ1n) is 3.63. The predicted octanol–water partition coefficient (Wildman–Crippen LogP) is 1.45. The van der Waals surface area contributed by atoms with Crippen LogP contribution in [0, 0.1) is 0 Å². The molecule has 0 aliphatic rings. The molecule has 0 atom stereocenters. The highest BCUT2D eigenvalue weighted by atomic mass is 35.5. The topological polar surface area (TPSA) is 43.3 Å². The maximum atomic E-state index is 5.81. The number of aromatic nitrogens is 2. The molecule has 2 aromatic rings. The molecule has 0 bridgehead atoms. The molecule has 62 valence electrons. The van der Waals surface area contributed by atoms with Crippen LogP contribution >= 0.6 is 11.6 Å². The van der Waals surface area contributed by atoms with Crippen LogP contribution in [-0.2, 0) is 6.54 Å². The lowest BCUT2D eigenvalue weighted by Gasteiger charge is -1.99. The second-order valence-electron chi connectivity index (χ2n) is 2.52. The molecule has 2 rings (SSSR count). The van der Waals surface area contributed by atoms with E-state index < -0.39 is 0 Å². The summed E-state index contributed by atoms with van der Waals surface area (Å²) in [6.45, 7) is 0.506. The number of fused-ring (bicyclic) bond motifs is 1. The fourth-order valence-electron chi connectivity index (χ4n) is 1.22. The van der Waals surface area contributed by atoms with Crippen LogP contribution in [0.2, 0.25) is 5.28 Å². The molecule has 0 saturated carbocycles. The van der Waals surface area contributed by atoms with E-state index >= 15 is 0 Å². The van der Waals surface area contributed by atoms with Crippen molar-refractivity contribution in [3.63, 3.8) is 0 Å². The number of halogens is 1. The molecule has 0 amide bonds. The second-order valence-corrected chi connectivity index (χ2v) is 2.86. The number of imidazole rings is 1. The lowest BCUT2D eigenvalue weighted by atomic mass is 10.2. The monoisotopic (exact) mass is 181 g/mol. The minimum absolute atomic E-state index is 0.473. The standard InChI is InChI=1S/C8H8ClN3/c9-8-11-5-7-6(4-10)2-1-3-12(7)8/h1-3,5H,4,10H2. The third-order valence-electron chi connectivity index (χ3n) is 1.83. The van der Waals surface area contributed by atoms with Gasteiger partial charge in [0, 0.05) is 12.7 Å². The fraction of sp³-hybridized carbons (Fsp3) is 0.125. The minimum Gasteiger partial charge on any atom is -0.326 e. The first kappa shape index (κ1) is 7.58. The third kappa shape index (κ3) is 0.983. The molecular weight excluding hydrogens is 174 g/mol. The Morgan fingerprint density at radius 3 is 3.17 bits per heavy atom. The van der Waals surface area contributed by atoms with E-state index in [4.69, 9.17) is 17.3 Å². The van der Waals surface area contributed by atoms with Gasteiger partial charge in [-0.1, -0.05) is 6.07 Å². The summed E-state index contributed by atoms with van der Waals surface area (Å²) in [6.07, 6.45) is 3.59. The molecule has 2 N–H and O–H groups in total. The van der Waals surface area contributed by atoms with Crippen LogP contribution in [0.4, 0.5) is 0 Å². The van der Waals surface area contributed by atoms with Gasteiger partial charge in [-0.3, -0.25) is 4.40 Å². The highest BCUT2D eigenvalue weighted by molar-refractivity contribution is 6.28. The van der Waals surface area contributed by atoms with Gasteiger partial charge in [-0.05, 0) is 23.2 Å². The van der Waals surface area contributed by atoms with E-state index in [2.05, 4.69) is 4.98 Å². The van der Waals surface area contributed by atoms with Crippen LogP contribution in [0.5, 0.6) is 0 Å². The zero-order valence-electron chi connectivity index (χ0n) is 6.37. The van der Waals surface area contributed by atoms with E-state index in [1.54, 1.807) is 6.20 Å². The van der Waals surface area contributed by atoms with Crippen molar-refractivity contribution in [1.82, 2.24) is 9.38 Å². The molecule has 0 spiro atoms. The van der Waals surface area contributed by atoms with Crippen molar-refractivity contribution in [2.45, 2.75) is 6.54 Å². The summed E-state index contributed by atoms with van der Waals surface area (Å²) in [7, 11) is 0. The summed E-state index contributed by atoms with van der Waals surface area (Å²) in [5, 5.41) is 0.473. The maximum Gasteiger partial charge on any atom is 0.207 e. The van der Waals surface area contributed by atoms with Gasteiger partial charge >= 0.3 is 0 Å². The molecule has 0 radical (unpaired) electrons.